The molecule has 0 aliphatic rings. The van der Waals surface area contributed by atoms with Crippen LogP contribution < -0.4 is 10.5 Å². The maximum atomic E-state index is 5.92. The summed E-state index contributed by atoms with van der Waals surface area (Å²) in [5.41, 5.74) is 8.08. The topological polar surface area (TPSA) is 53.1 Å². The summed E-state index contributed by atoms with van der Waals surface area (Å²) in [4.78, 5) is 0. The number of aryl methyl sites for hydroxylation is 1. The van der Waals surface area contributed by atoms with Gasteiger partial charge in [0.25, 0.3) is 0 Å². The van der Waals surface area contributed by atoms with Gasteiger partial charge in [0, 0.05) is 5.56 Å². The Hall–Kier alpha value is -1.97. The van der Waals surface area contributed by atoms with Crippen molar-refractivity contribution in [1.29, 1.82) is 0 Å². The average molecular weight is 245 g/mol. The lowest BCUT2D eigenvalue weighted by atomic mass is 10.2. The smallest absolute Gasteiger partial charge is 0.124 e. The normalized spacial score (nSPS) is 10.9. The molecule has 96 valence electrons. The van der Waals surface area contributed by atoms with Crippen LogP contribution in [0.1, 0.15) is 25.0 Å². The van der Waals surface area contributed by atoms with Crippen LogP contribution in [0.2, 0.25) is 0 Å². The second kappa shape index (κ2) is 5.12. The third-order valence-corrected chi connectivity index (χ3v) is 2.70. The minimum Gasteiger partial charge on any atom is -0.491 e. The summed E-state index contributed by atoms with van der Waals surface area (Å²) in [6.45, 7) is 6.67. The highest BCUT2D eigenvalue weighted by atomic mass is 16.5. The standard InChI is InChI=1S/C14H19N3O/c1-10(2)18-13-6-4-12(5-7-13)9-17-14(15)11(3)8-16-17/h4-8,10H,9,15H2,1-3H3. The van der Waals surface area contributed by atoms with Gasteiger partial charge in [-0.15, -0.1) is 0 Å². The number of hydrogen-bond acceptors (Lipinski definition) is 3. The molecule has 0 unspecified atom stereocenters. The van der Waals surface area contributed by atoms with E-state index in [1.165, 1.54) is 0 Å². The summed E-state index contributed by atoms with van der Waals surface area (Å²) in [5.74, 6) is 1.61. The molecule has 4 nitrogen and oxygen atoms in total. The van der Waals surface area contributed by atoms with E-state index in [1.54, 1.807) is 10.9 Å². The second-order valence-corrected chi connectivity index (χ2v) is 4.68. The van der Waals surface area contributed by atoms with Crippen LogP contribution in [-0.4, -0.2) is 15.9 Å². The lowest BCUT2D eigenvalue weighted by Crippen LogP contribution is -2.07. The predicted molar refractivity (Wildman–Crippen MR) is 72.7 cm³/mol. The fraction of sp³-hybridized carbons (Fsp3) is 0.357. The average Bonchev–Trinajstić information content (AvgIpc) is 2.63. The quantitative estimate of drug-likeness (QED) is 0.900. The summed E-state index contributed by atoms with van der Waals surface area (Å²) in [6.07, 6.45) is 1.98. The zero-order chi connectivity index (χ0) is 13.1. The zero-order valence-electron chi connectivity index (χ0n) is 11.1. The molecular weight excluding hydrogens is 226 g/mol. The lowest BCUT2D eigenvalue weighted by Gasteiger charge is -2.10. The maximum absolute atomic E-state index is 5.92. The monoisotopic (exact) mass is 245 g/mol. The van der Waals surface area contributed by atoms with Crippen LogP contribution in [0.15, 0.2) is 30.5 Å². The van der Waals surface area contributed by atoms with Crippen molar-refractivity contribution in [2.75, 3.05) is 5.73 Å². The first kappa shape index (κ1) is 12.5. The molecule has 1 heterocycles. The van der Waals surface area contributed by atoms with Gasteiger partial charge >= 0.3 is 0 Å². The molecule has 0 atom stereocenters. The Balaban J connectivity index is 2.08. The number of hydrogen-bond donors (Lipinski definition) is 1. The molecule has 4 heteroatoms. The third-order valence-electron chi connectivity index (χ3n) is 2.70. The molecule has 18 heavy (non-hydrogen) atoms. The highest BCUT2D eigenvalue weighted by Crippen LogP contribution is 2.16. The van der Waals surface area contributed by atoms with E-state index < -0.39 is 0 Å². The Labute approximate surface area is 107 Å². The largest absolute Gasteiger partial charge is 0.491 e. The zero-order valence-corrected chi connectivity index (χ0v) is 11.1. The van der Waals surface area contributed by atoms with E-state index in [1.807, 2.05) is 45.0 Å². The van der Waals surface area contributed by atoms with Gasteiger partial charge in [-0.25, -0.2) is 4.68 Å². The second-order valence-electron chi connectivity index (χ2n) is 4.68. The van der Waals surface area contributed by atoms with E-state index in [0.717, 1.165) is 22.7 Å². The highest BCUT2D eigenvalue weighted by Gasteiger charge is 2.04. The number of nitrogens with zero attached hydrogens (tertiary/aromatic N) is 2. The Kier molecular flexibility index (Phi) is 3.55. The van der Waals surface area contributed by atoms with Crippen molar-refractivity contribution >= 4 is 5.82 Å². The highest BCUT2D eigenvalue weighted by molar-refractivity contribution is 5.38. The van der Waals surface area contributed by atoms with E-state index in [0.29, 0.717) is 6.54 Å². The van der Waals surface area contributed by atoms with Gasteiger partial charge in [0.15, 0.2) is 0 Å². The molecule has 0 bridgehead atoms. The number of anilines is 1. The van der Waals surface area contributed by atoms with Crippen LogP contribution in [0, 0.1) is 6.92 Å². The van der Waals surface area contributed by atoms with E-state index >= 15 is 0 Å². The maximum Gasteiger partial charge on any atom is 0.124 e. The number of benzene rings is 1. The van der Waals surface area contributed by atoms with Crippen LogP contribution in [0.3, 0.4) is 0 Å². The Morgan fingerprint density at radius 1 is 1.28 bits per heavy atom. The van der Waals surface area contributed by atoms with Gasteiger partial charge in [-0.1, -0.05) is 12.1 Å². The summed E-state index contributed by atoms with van der Waals surface area (Å²) in [7, 11) is 0. The number of nitrogens with two attached hydrogens (primary N) is 1. The van der Waals surface area contributed by atoms with Gasteiger partial charge < -0.3 is 10.5 Å². The molecule has 2 rings (SSSR count). The first-order valence-electron chi connectivity index (χ1n) is 6.09. The first-order chi connectivity index (χ1) is 8.56. The summed E-state index contributed by atoms with van der Waals surface area (Å²) in [5, 5.41) is 4.24. The molecule has 0 radical (unpaired) electrons. The van der Waals surface area contributed by atoms with Gasteiger partial charge in [0.2, 0.25) is 0 Å². The van der Waals surface area contributed by atoms with Gasteiger partial charge in [-0.3, -0.25) is 0 Å². The van der Waals surface area contributed by atoms with Crippen LogP contribution in [-0.2, 0) is 6.54 Å². The number of ether oxygens (including phenoxy) is 1. The lowest BCUT2D eigenvalue weighted by molar-refractivity contribution is 0.242. The minimum atomic E-state index is 0.195. The van der Waals surface area contributed by atoms with Crippen molar-refractivity contribution in [3.05, 3.63) is 41.6 Å². The van der Waals surface area contributed by atoms with E-state index in [9.17, 15) is 0 Å². The van der Waals surface area contributed by atoms with Crippen molar-refractivity contribution in [3.8, 4) is 5.75 Å². The molecule has 2 aromatic rings. The molecule has 1 aromatic carbocycles. The molecule has 0 aliphatic carbocycles. The van der Waals surface area contributed by atoms with Crippen molar-refractivity contribution in [3.63, 3.8) is 0 Å². The number of nitrogen functional groups attached to an aromatic ring is 1. The van der Waals surface area contributed by atoms with Crippen LogP contribution >= 0.6 is 0 Å². The predicted octanol–water partition coefficient (Wildman–Crippen LogP) is 2.61. The van der Waals surface area contributed by atoms with Gasteiger partial charge in [0.1, 0.15) is 11.6 Å². The fourth-order valence-corrected chi connectivity index (χ4v) is 1.73. The Morgan fingerprint density at radius 2 is 1.94 bits per heavy atom. The Morgan fingerprint density at radius 3 is 2.44 bits per heavy atom. The van der Waals surface area contributed by atoms with E-state index in [2.05, 4.69) is 5.10 Å². The van der Waals surface area contributed by atoms with Crippen molar-refractivity contribution in [2.45, 2.75) is 33.4 Å². The molecular formula is C14H19N3O. The van der Waals surface area contributed by atoms with Crippen LogP contribution in [0.4, 0.5) is 5.82 Å². The van der Waals surface area contributed by atoms with Crippen molar-refractivity contribution in [1.82, 2.24) is 9.78 Å². The van der Waals surface area contributed by atoms with E-state index in [-0.39, 0.29) is 6.10 Å². The van der Waals surface area contributed by atoms with Gasteiger partial charge in [0.05, 0.1) is 18.8 Å². The molecule has 0 spiro atoms. The molecule has 1 aromatic heterocycles. The van der Waals surface area contributed by atoms with Crippen molar-refractivity contribution < 1.29 is 4.74 Å². The van der Waals surface area contributed by atoms with Gasteiger partial charge in [-0.05, 0) is 38.5 Å². The molecule has 0 saturated heterocycles. The SMILES string of the molecule is Cc1cnn(Cc2ccc(OC(C)C)cc2)c1N. The Bertz CT molecular complexity index is 514. The van der Waals surface area contributed by atoms with E-state index in [4.69, 9.17) is 10.5 Å². The molecule has 2 N–H and O–H groups in total. The van der Waals surface area contributed by atoms with Crippen molar-refractivity contribution in [2.24, 2.45) is 0 Å². The summed E-state index contributed by atoms with van der Waals surface area (Å²) < 4.78 is 7.40. The molecule has 0 fully saturated rings. The number of rotatable bonds is 4. The first-order valence-corrected chi connectivity index (χ1v) is 6.09. The summed E-state index contributed by atoms with van der Waals surface area (Å²) in [6, 6.07) is 8.02. The number of aromatic nitrogens is 2. The third kappa shape index (κ3) is 2.83. The molecule has 0 saturated carbocycles. The van der Waals surface area contributed by atoms with Gasteiger partial charge in [-0.2, -0.15) is 5.10 Å². The summed E-state index contributed by atoms with van der Waals surface area (Å²) >= 11 is 0. The molecule has 0 amide bonds. The van der Waals surface area contributed by atoms with Crippen LogP contribution in [0.5, 0.6) is 5.75 Å². The molecule has 0 aliphatic heterocycles. The fourth-order valence-electron chi connectivity index (χ4n) is 1.73. The minimum absolute atomic E-state index is 0.195. The van der Waals surface area contributed by atoms with Crippen LogP contribution in [0.25, 0.3) is 0 Å².